The average Bonchev–Trinajstić information content (AvgIpc) is 2.79. The summed E-state index contributed by atoms with van der Waals surface area (Å²) in [6.07, 6.45) is 8.75. The molecule has 2 fully saturated rings. The Morgan fingerprint density at radius 2 is 2.00 bits per heavy atom. The van der Waals surface area contributed by atoms with Gasteiger partial charge < -0.3 is 20.4 Å². The zero-order valence-corrected chi connectivity index (χ0v) is 20.4. The highest BCUT2D eigenvalue weighted by Gasteiger charge is 2.39. The number of benzene rings is 1. The van der Waals surface area contributed by atoms with Crippen LogP contribution >= 0.6 is 0 Å². The molecule has 3 rings (SSSR count). The van der Waals surface area contributed by atoms with Crippen LogP contribution in [0.15, 0.2) is 24.3 Å². The maximum absolute atomic E-state index is 13.1. The molecular formula is C27H42N2O4. The van der Waals surface area contributed by atoms with Gasteiger partial charge in [0, 0.05) is 26.1 Å². The number of hydrogen-bond acceptors (Lipinski definition) is 4. The number of carboxylic acid groups (broad SMARTS) is 1. The van der Waals surface area contributed by atoms with E-state index in [1.165, 1.54) is 37.7 Å². The molecule has 3 atom stereocenters. The van der Waals surface area contributed by atoms with E-state index in [-0.39, 0.29) is 23.7 Å². The van der Waals surface area contributed by atoms with Crippen LogP contribution in [0.5, 0.6) is 5.75 Å². The highest BCUT2D eigenvalue weighted by Crippen LogP contribution is 2.40. The SMILES string of the molecule is C[C@H]1CN(CC(CC2CCCCC2)C(=O)NCCCC(=O)O)CC[C@@]1(C)c1cccc(O)c1. The van der Waals surface area contributed by atoms with Gasteiger partial charge in [0.25, 0.3) is 0 Å². The molecule has 1 aliphatic carbocycles. The lowest BCUT2D eigenvalue weighted by Crippen LogP contribution is -2.50. The van der Waals surface area contributed by atoms with E-state index in [1.54, 1.807) is 6.07 Å². The summed E-state index contributed by atoms with van der Waals surface area (Å²) >= 11 is 0. The van der Waals surface area contributed by atoms with Crippen molar-refractivity contribution in [2.45, 2.75) is 77.0 Å². The standard InChI is InChI=1S/C27H42N2O4/c1-20-18-29(15-13-27(20,2)23-10-6-11-24(30)17-23)19-22(16-21-8-4-3-5-9-21)26(33)28-14-7-12-25(31)32/h6,10-11,17,20-22,30H,3-5,7-9,12-16,18-19H2,1-2H3,(H,28,33)(H,31,32)/t20-,22?,27+/m0/s1. The van der Waals surface area contributed by atoms with Crippen molar-refractivity contribution in [1.29, 1.82) is 0 Å². The minimum atomic E-state index is -0.819. The Hall–Kier alpha value is -2.08. The molecule has 6 nitrogen and oxygen atoms in total. The number of phenolic OH excluding ortho intramolecular Hbond substituents is 1. The van der Waals surface area contributed by atoms with Gasteiger partial charge in [-0.1, -0.05) is 58.1 Å². The number of nitrogens with one attached hydrogen (secondary N) is 1. The second-order valence-electron chi connectivity index (χ2n) is 10.6. The molecule has 1 saturated carbocycles. The number of carbonyl (C=O) groups is 2. The van der Waals surface area contributed by atoms with Gasteiger partial charge in [0.1, 0.15) is 5.75 Å². The number of amides is 1. The molecule has 0 radical (unpaired) electrons. The monoisotopic (exact) mass is 458 g/mol. The molecule has 184 valence electrons. The lowest BCUT2D eigenvalue weighted by molar-refractivity contribution is -0.137. The zero-order chi connectivity index (χ0) is 23.8. The van der Waals surface area contributed by atoms with E-state index in [9.17, 15) is 14.7 Å². The Labute approximate surface area is 198 Å². The number of carbonyl (C=O) groups excluding carboxylic acids is 1. The quantitative estimate of drug-likeness (QED) is 0.447. The molecule has 1 aromatic rings. The highest BCUT2D eigenvalue weighted by molar-refractivity contribution is 5.79. The zero-order valence-electron chi connectivity index (χ0n) is 20.4. The van der Waals surface area contributed by atoms with Crippen molar-refractivity contribution in [3.63, 3.8) is 0 Å². The number of likely N-dealkylation sites (tertiary alicyclic amines) is 1. The Morgan fingerprint density at radius 1 is 1.24 bits per heavy atom. The number of hydrogen-bond donors (Lipinski definition) is 3. The number of phenols is 1. The summed E-state index contributed by atoms with van der Waals surface area (Å²) in [7, 11) is 0. The van der Waals surface area contributed by atoms with Crippen molar-refractivity contribution >= 4 is 11.9 Å². The molecule has 1 unspecified atom stereocenters. The molecule has 1 saturated heterocycles. The van der Waals surface area contributed by atoms with Crippen molar-refractivity contribution in [3.05, 3.63) is 29.8 Å². The second kappa shape index (κ2) is 11.9. The van der Waals surface area contributed by atoms with E-state index in [2.05, 4.69) is 30.1 Å². The second-order valence-corrected chi connectivity index (χ2v) is 10.6. The average molecular weight is 459 g/mol. The summed E-state index contributed by atoms with van der Waals surface area (Å²) in [5.74, 6) is 0.557. The molecule has 0 spiro atoms. The molecule has 1 amide bonds. The van der Waals surface area contributed by atoms with Crippen LogP contribution in [-0.2, 0) is 15.0 Å². The molecule has 3 N–H and O–H groups in total. The fourth-order valence-corrected chi connectivity index (χ4v) is 5.77. The van der Waals surface area contributed by atoms with Crippen LogP contribution in [0.2, 0.25) is 0 Å². The normalized spacial score (nSPS) is 25.5. The third-order valence-corrected chi connectivity index (χ3v) is 8.13. The van der Waals surface area contributed by atoms with Gasteiger partial charge in [-0.2, -0.15) is 0 Å². The fourth-order valence-electron chi connectivity index (χ4n) is 5.77. The van der Waals surface area contributed by atoms with Crippen molar-refractivity contribution in [1.82, 2.24) is 10.2 Å². The lowest BCUT2D eigenvalue weighted by atomic mass is 9.68. The number of rotatable bonds is 10. The molecule has 33 heavy (non-hydrogen) atoms. The summed E-state index contributed by atoms with van der Waals surface area (Å²) in [5.41, 5.74) is 1.19. The van der Waals surface area contributed by atoms with E-state index in [0.717, 1.165) is 32.5 Å². The summed E-state index contributed by atoms with van der Waals surface area (Å²) < 4.78 is 0. The van der Waals surface area contributed by atoms with E-state index in [0.29, 0.717) is 30.6 Å². The van der Waals surface area contributed by atoms with E-state index < -0.39 is 5.97 Å². The van der Waals surface area contributed by atoms with Crippen LogP contribution in [0, 0.1) is 17.8 Å². The molecule has 2 aliphatic rings. The Bertz CT molecular complexity index is 792. The summed E-state index contributed by atoms with van der Waals surface area (Å²) in [4.78, 5) is 26.3. The first-order valence-corrected chi connectivity index (χ1v) is 12.8. The fraction of sp³-hybridized carbons (Fsp3) is 0.704. The van der Waals surface area contributed by atoms with Gasteiger partial charge in [0.15, 0.2) is 0 Å². The third kappa shape index (κ3) is 7.20. The number of aliphatic carboxylic acids is 1. The largest absolute Gasteiger partial charge is 0.508 e. The predicted molar refractivity (Wildman–Crippen MR) is 130 cm³/mol. The molecule has 6 heteroatoms. The molecule has 1 heterocycles. The number of piperidine rings is 1. The topological polar surface area (TPSA) is 89.9 Å². The number of nitrogens with zero attached hydrogens (tertiary/aromatic N) is 1. The third-order valence-electron chi connectivity index (χ3n) is 8.13. The van der Waals surface area contributed by atoms with Gasteiger partial charge in [-0.05, 0) is 60.8 Å². The minimum absolute atomic E-state index is 0.00714. The van der Waals surface area contributed by atoms with Crippen molar-refractivity contribution < 1.29 is 19.8 Å². The van der Waals surface area contributed by atoms with E-state index >= 15 is 0 Å². The van der Waals surface area contributed by atoms with Crippen LogP contribution in [0.4, 0.5) is 0 Å². The summed E-state index contributed by atoms with van der Waals surface area (Å²) in [6, 6.07) is 7.65. The first-order valence-electron chi connectivity index (χ1n) is 12.8. The summed E-state index contributed by atoms with van der Waals surface area (Å²) in [6.45, 7) is 7.63. The molecular weight excluding hydrogens is 416 g/mol. The van der Waals surface area contributed by atoms with E-state index in [1.807, 2.05) is 12.1 Å². The smallest absolute Gasteiger partial charge is 0.303 e. The number of carboxylic acids is 1. The molecule has 0 bridgehead atoms. The van der Waals surface area contributed by atoms with Gasteiger partial charge >= 0.3 is 5.97 Å². The van der Waals surface area contributed by atoms with Crippen molar-refractivity contribution in [2.24, 2.45) is 17.8 Å². The molecule has 1 aliphatic heterocycles. The van der Waals surface area contributed by atoms with Crippen molar-refractivity contribution in [3.8, 4) is 5.75 Å². The Balaban J connectivity index is 1.61. The lowest BCUT2D eigenvalue weighted by Gasteiger charge is -2.46. The maximum Gasteiger partial charge on any atom is 0.303 e. The number of aromatic hydroxyl groups is 1. The van der Waals surface area contributed by atoms with Crippen LogP contribution in [-0.4, -0.2) is 53.2 Å². The van der Waals surface area contributed by atoms with Crippen molar-refractivity contribution in [2.75, 3.05) is 26.2 Å². The molecule has 1 aromatic carbocycles. The van der Waals surface area contributed by atoms with Gasteiger partial charge in [-0.15, -0.1) is 0 Å². The van der Waals surface area contributed by atoms with Crippen LogP contribution < -0.4 is 5.32 Å². The minimum Gasteiger partial charge on any atom is -0.508 e. The first-order chi connectivity index (χ1) is 15.8. The van der Waals surface area contributed by atoms with E-state index in [4.69, 9.17) is 5.11 Å². The van der Waals surface area contributed by atoms with Gasteiger partial charge in [-0.25, -0.2) is 0 Å². The summed E-state index contributed by atoms with van der Waals surface area (Å²) in [5, 5.41) is 21.8. The Morgan fingerprint density at radius 3 is 2.67 bits per heavy atom. The molecule has 0 aromatic heterocycles. The van der Waals surface area contributed by atoms with Gasteiger partial charge in [-0.3, -0.25) is 9.59 Å². The van der Waals surface area contributed by atoms with Gasteiger partial charge in [0.2, 0.25) is 5.91 Å². The van der Waals surface area contributed by atoms with Crippen LogP contribution in [0.3, 0.4) is 0 Å². The first kappa shape index (κ1) is 25.5. The Kier molecular flexibility index (Phi) is 9.19. The predicted octanol–water partition coefficient (Wildman–Crippen LogP) is 4.56. The van der Waals surface area contributed by atoms with Crippen LogP contribution in [0.25, 0.3) is 0 Å². The maximum atomic E-state index is 13.1. The van der Waals surface area contributed by atoms with Gasteiger partial charge in [0.05, 0.1) is 5.92 Å². The highest BCUT2D eigenvalue weighted by atomic mass is 16.4. The van der Waals surface area contributed by atoms with Crippen LogP contribution in [0.1, 0.15) is 77.2 Å².